The molecule has 0 radical (unpaired) electrons. The number of nitrogens with zero attached hydrogens (tertiary/aromatic N) is 1. The van der Waals surface area contributed by atoms with Crippen molar-refractivity contribution >= 4 is 23.8 Å². The molecule has 3 aliphatic rings. The van der Waals surface area contributed by atoms with E-state index in [4.69, 9.17) is 10.1 Å². The van der Waals surface area contributed by atoms with Crippen LogP contribution in [0.3, 0.4) is 0 Å². The number of ether oxygens (including phenoxy) is 1. The Morgan fingerprint density at radius 1 is 1.03 bits per heavy atom. The number of hydrogen-bond donors (Lipinski definition) is 2. The number of esters is 1. The Bertz CT molecular complexity index is 1410. The Hall–Kier alpha value is -3.77. The van der Waals surface area contributed by atoms with Crippen molar-refractivity contribution in [3.63, 3.8) is 0 Å². The average Bonchev–Trinajstić information content (AvgIpc) is 3.79. The largest absolute Gasteiger partial charge is 0.465 e. The molecule has 1 saturated carbocycles. The van der Waals surface area contributed by atoms with Crippen molar-refractivity contribution in [2.24, 2.45) is 11.8 Å². The zero-order valence-electron chi connectivity index (χ0n) is 22.6. The van der Waals surface area contributed by atoms with Crippen molar-refractivity contribution in [1.82, 2.24) is 4.90 Å². The van der Waals surface area contributed by atoms with Crippen LogP contribution < -0.4 is 5.32 Å². The van der Waals surface area contributed by atoms with Gasteiger partial charge in [0.05, 0.1) is 12.7 Å². The number of methoxy groups -OCH3 is 1. The fraction of sp³-hybridized carbons (Fsp3) is 0.364. The fourth-order valence-electron chi connectivity index (χ4n) is 6.60. The van der Waals surface area contributed by atoms with Gasteiger partial charge in [-0.2, -0.15) is 0 Å². The normalized spacial score (nSPS) is 23.9. The lowest BCUT2D eigenvalue weighted by Crippen LogP contribution is -2.59. The minimum Gasteiger partial charge on any atom is -0.465 e. The number of benzene rings is 3. The van der Waals surface area contributed by atoms with Crippen LogP contribution in [0.2, 0.25) is 0 Å². The number of carbonyl (C=O) groups is 2. The van der Waals surface area contributed by atoms with Crippen molar-refractivity contribution in [3.8, 4) is 11.1 Å². The molecule has 0 aromatic heterocycles. The summed E-state index contributed by atoms with van der Waals surface area (Å²) in [7, 11) is 1.37. The van der Waals surface area contributed by atoms with Crippen molar-refractivity contribution in [1.29, 1.82) is 5.41 Å². The number of rotatable bonds is 7. The number of fused-ring (bicyclic) bond motifs is 4. The van der Waals surface area contributed by atoms with Crippen LogP contribution in [0.5, 0.6) is 0 Å². The maximum absolute atomic E-state index is 13.3. The second-order valence-electron chi connectivity index (χ2n) is 11.5. The summed E-state index contributed by atoms with van der Waals surface area (Å²) in [6.07, 6.45) is 6.32. The van der Waals surface area contributed by atoms with Crippen LogP contribution in [0.15, 0.2) is 66.7 Å². The predicted octanol–water partition coefficient (Wildman–Crippen LogP) is 5.96. The molecule has 0 spiro atoms. The summed E-state index contributed by atoms with van der Waals surface area (Å²) < 4.78 is 4.77. The first-order chi connectivity index (χ1) is 18.9. The SMILES string of the molecule is COC(=O)c1ccc(-c2ccc(NC(=O)c3ccc4c(c3)[C@@]3(C)CCN(CC5CC5)C(C4)[C@@H]3C=N)cc2)cc1. The van der Waals surface area contributed by atoms with E-state index in [1.807, 2.05) is 42.5 Å². The van der Waals surface area contributed by atoms with E-state index in [2.05, 4.69) is 29.3 Å². The second-order valence-corrected chi connectivity index (χ2v) is 11.5. The Morgan fingerprint density at radius 3 is 2.33 bits per heavy atom. The van der Waals surface area contributed by atoms with Crippen LogP contribution in [0.25, 0.3) is 11.1 Å². The third kappa shape index (κ3) is 4.78. The van der Waals surface area contributed by atoms with Crippen molar-refractivity contribution in [2.75, 3.05) is 25.5 Å². The smallest absolute Gasteiger partial charge is 0.337 e. The number of nitrogens with one attached hydrogen (secondary N) is 2. The highest BCUT2D eigenvalue weighted by Gasteiger charge is 2.50. The first kappa shape index (κ1) is 25.5. The molecule has 2 fully saturated rings. The summed E-state index contributed by atoms with van der Waals surface area (Å²) in [4.78, 5) is 27.6. The molecule has 200 valence electrons. The van der Waals surface area contributed by atoms with Gasteiger partial charge in [-0.15, -0.1) is 0 Å². The number of amides is 1. The minimum atomic E-state index is -0.358. The van der Waals surface area contributed by atoms with Gasteiger partial charge in [0.1, 0.15) is 0 Å². The maximum atomic E-state index is 13.3. The minimum absolute atomic E-state index is 0.124. The zero-order chi connectivity index (χ0) is 27.1. The van der Waals surface area contributed by atoms with Crippen molar-refractivity contribution in [3.05, 3.63) is 89.0 Å². The van der Waals surface area contributed by atoms with E-state index < -0.39 is 0 Å². The topological polar surface area (TPSA) is 82.5 Å². The van der Waals surface area contributed by atoms with Gasteiger partial charge in [0.15, 0.2) is 0 Å². The van der Waals surface area contributed by atoms with E-state index in [1.165, 1.54) is 37.6 Å². The molecule has 1 saturated heterocycles. The van der Waals surface area contributed by atoms with E-state index in [-0.39, 0.29) is 23.2 Å². The molecule has 1 aliphatic heterocycles. The lowest BCUT2D eigenvalue weighted by atomic mass is 9.58. The molecule has 1 unspecified atom stereocenters. The highest BCUT2D eigenvalue weighted by Crippen LogP contribution is 2.49. The number of likely N-dealkylation sites (tertiary alicyclic amines) is 1. The molecule has 1 heterocycles. The van der Waals surface area contributed by atoms with E-state index in [1.54, 1.807) is 18.3 Å². The third-order valence-electron chi connectivity index (χ3n) is 9.11. The van der Waals surface area contributed by atoms with Gasteiger partial charge < -0.3 is 15.5 Å². The van der Waals surface area contributed by atoms with Crippen LogP contribution in [0.1, 0.15) is 58.0 Å². The highest BCUT2D eigenvalue weighted by atomic mass is 16.5. The first-order valence-corrected chi connectivity index (χ1v) is 13.9. The number of hydrogen-bond acceptors (Lipinski definition) is 5. The van der Waals surface area contributed by atoms with Gasteiger partial charge in [-0.1, -0.05) is 37.3 Å². The molecule has 3 aromatic carbocycles. The molecule has 6 nitrogen and oxygen atoms in total. The highest BCUT2D eigenvalue weighted by molar-refractivity contribution is 6.04. The van der Waals surface area contributed by atoms with Crippen LogP contribution in [0, 0.1) is 17.2 Å². The van der Waals surface area contributed by atoms with Gasteiger partial charge in [-0.3, -0.25) is 9.69 Å². The molecule has 6 rings (SSSR count). The van der Waals surface area contributed by atoms with Crippen molar-refractivity contribution < 1.29 is 14.3 Å². The number of piperidine rings is 1. The maximum Gasteiger partial charge on any atom is 0.337 e. The van der Waals surface area contributed by atoms with Gasteiger partial charge >= 0.3 is 5.97 Å². The summed E-state index contributed by atoms with van der Waals surface area (Å²) in [6.45, 7) is 4.52. The van der Waals surface area contributed by atoms with E-state index in [0.717, 1.165) is 42.1 Å². The number of anilines is 1. The summed E-state index contributed by atoms with van der Waals surface area (Å²) in [6, 6.07) is 21.5. The molecule has 3 aromatic rings. The summed E-state index contributed by atoms with van der Waals surface area (Å²) in [5, 5.41) is 11.4. The fourth-order valence-corrected chi connectivity index (χ4v) is 6.60. The predicted molar refractivity (Wildman–Crippen MR) is 154 cm³/mol. The Morgan fingerprint density at radius 2 is 1.69 bits per heavy atom. The molecule has 3 atom stereocenters. The molecule has 2 N–H and O–H groups in total. The summed E-state index contributed by atoms with van der Waals surface area (Å²) in [5.74, 6) is 0.527. The molecule has 1 amide bonds. The van der Waals surface area contributed by atoms with Gasteiger partial charge in [0.2, 0.25) is 0 Å². The Kier molecular flexibility index (Phi) is 6.59. The van der Waals surface area contributed by atoms with Crippen LogP contribution >= 0.6 is 0 Å². The Balaban J connectivity index is 1.18. The monoisotopic (exact) mass is 521 g/mol. The third-order valence-corrected chi connectivity index (χ3v) is 9.11. The second kappa shape index (κ2) is 10.1. The van der Waals surface area contributed by atoms with Gasteiger partial charge in [-0.25, -0.2) is 4.79 Å². The zero-order valence-corrected chi connectivity index (χ0v) is 22.6. The van der Waals surface area contributed by atoms with Crippen molar-refractivity contribution in [2.45, 2.75) is 44.1 Å². The molecular formula is C33H35N3O3. The molecular weight excluding hydrogens is 486 g/mol. The van der Waals surface area contributed by atoms with E-state index in [0.29, 0.717) is 17.2 Å². The summed E-state index contributed by atoms with van der Waals surface area (Å²) >= 11 is 0. The lowest BCUT2D eigenvalue weighted by molar-refractivity contribution is 0.0534. The molecule has 2 aliphatic carbocycles. The van der Waals surface area contributed by atoms with Crippen LogP contribution in [0.4, 0.5) is 5.69 Å². The lowest BCUT2D eigenvalue weighted by Gasteiger charge is -2.54. The molecule has 6 heteroatoms. The first-order valence-electron chi connectivity index (χ1n) is 13.9. The average molecular weight is 522 g/mol. The molecule has 2 bridgehead atoms. The van der Waals surface area contributed by atoms with Crippen LogP contribution in [-0.2, 0) is 16.6 Å². The van der Waals surface area contributed by atoms with Gasteiger partial charge in [-0.05, 0) is 96.8 Å². The van der Waals surface area contributed by atoms with E-state index in [9.17, 15) is 9.59 Å². The quantitative estimate of drug-likeness (QED) is 0.297. The standard InChI is InChI=1S/C33H35N3O3/c1-33-15-16-36(20-21-3-4-21)30(29(33)19-34)18-25-9-10-26(17-28(25)33)31(37)35-27-13-11-23(12-14-27)22-5-7-24(8-6-22)32(38)39-2/h5-14,17,19,21,29-30,34H,3-4,15-16,18,20H2,1-2H3,(H,35,37)/t29-,30?,33+/m0/s1. The van der Waals surface area contributed by atoms with E-state index >= 15 is 0 Å². The van der Waals surface area contributed by atoms with Gasteiger partial charge in [0, 0.05) is 41.4 Å². The number of carbonyl (C=O) groups excluding carboxylic acids is 2. The molecule has 39 heavy (non-hydrogen) atoms. The summed E-state index contributed by atoms with van der Waals surface area (Å²) in [5.41, 5.74) is 6.29. The van der Waals surface area contributed by atoms with Crippen LogP contribution in [-0.4, -0.2) is 49.2 Å². The van der Waals surface area contributed by atoms with Gasteiger partial charge in [0.25, 0.3) is 5.91 Å². The Labute approximate surface area is 229 Å².